The van der Waals surface area contributed by atoms with E-state index < -0.39 is 5.97 Å². The first-order valence-corrected chi connectivity index (χ1v) is 6.96. The van der Waals surface area contributed by atoms with Crippen molar-refractivity contribution in [3.8, 4) is 0 Å². The van der Waals surface area contributed by atoms with Crippen LogP contribution in [-0.2, 0) is 11.3 Å². The minimum atomic E-state index is -0.625. The highest BCUT2D eigenvalue weighted by Crippen LogP contribution is 2.29. The van der Waals surface area contributed by atoms with Gasteiger partial charge in [-0.15, -0.1) is 0 Å². The number of pyridine rings is 1. The minimum absolute atomic E-state index is 0.114. The molecule has 1 heterocycles. The van der Waals surface area contributed by atoms with Gasteiger partial charge >= 0.3 is 5.97 Å². The summed E-state index contributed by atoms with van der Waals surface area (Å²) in [4.78, 5) is 17.5. The predicted molar refractivity (Wildman–Crippen MR) is 73.7 cm³/mol. The van der Waals surface area contributed by atoms with Crippen molar-refractivity contribution in [1.82, 2.24) is 9.88 Å². The van der Waals surface area contributed by atoms with Gasteiger partial charge in [-0.05, 0) is 50.8 Å². The largest absolute Gasteiger partial charge is 0.481 e. The van der Waals surface area contributed by atoms with E-state index in [4.69, 9.17) is 5.11 Å². The number of aromatic nitrogens is 1. The van der Waals surface area contributed by atoms with E-state index in [9.17, 15) is 4.79 Å². The van der Waals surface area contributed by atoms with Crippen molar-refractivity contribution in [2.75, 3.05) is 13.6 Å². The fraction of sp³-hybridized carbons (Fsp3) is 0.600. The quantitative estimate of drug-likeness (QED) is 0.885. The van der Waals surface area contributed by atoms with Gasteiger partial charge in [-0.2, -0.15) is 0 Å². The molecule has 1 aromatic heterocycles. The molecule has 1 aliphatic carbocycles. The van der Waals surface area contributed by atoms with Crippen molar-refractivity contribution in [3.63, 3.8) is 0 Å². The van der Waals surface area contributed by atoms with Crippen molar-refractivity contribution in [1.29, 1.82) is 0 Å². The second kappa shape index (κ2) is 6.66. The zero-order valence-corrected chi connectivity index (χ0v) is 11.5. The first-order chi connectivity index (χ1) is 9.15. The molecule has 0 bridgehead atoms. The third kappa shape index (κ3) is 4.31. The monoisotopic (exact) mass is 262 g/mol. The van der Waals surface area contributed by atoms with Crippen LogP contribution in [-0.4, -0.2) is 34.6 Å². The average molecular weight is 262 g/mol. The average Bonchev–Trinajstić information content (AvgIpc) is 2.40. The lowest BCUT2D eigenvalue weighted by Gasteiger charge is -2.29. The van der Waals surface area contributed by atoms with Crippen molar-refractivity contribution in [3.05, 3.63) is 30.1 Å². The Bertz CT molecular complexity index is 400. The highest BCUT2D eigenvalue weighted by molar-refractivity contribution is 5.69. The number of carboxylic acid groups (broad SMARTS) is 1. The molecular formula is C15H22N2O2. The van der Waals surface area contributed by atoms with Crippen molar-refractivity contribution < 1.29 is 9.90 Å². The number of carbonyl (C=O) groups is 1. The number of carboxylic acids is 1. The maximum absolute atomic E-state index is 10.9. The van der Waals surface area contributed by atoms with Crippen molar-refractivity contribution in [2.45, 2.75) is 32.2 Å². The molecule has 1 saturated carbocycles. The molecule has 0 unspecified atom stereocenters. The van der Waals surface area contributed by atoms with E-state index in [0.29, 0.717) is 5.92 Å². The van der Waals surface area contributed by atoms with Crippen LogP contribution in [0.15, 0.2) is 24.4 Å². The van der Waals surface area contributed by atoms with E-state index in [0.717, 1.165) is 44.5 Å². The maximum Gasteiger partial charge on any atom is 0.306 e. The number of nitrogens with zero attached hydrogens (tertiary/aromatic N) is 2. The Morgan fingerprint density at radius 2 is 2.11 bits per heavy atom. The Hall–Kier alpha value is -1.42. The number of rotatable bonds is 5. The van der Waals surface area contributed by atoms with Crippen LogP contribution in [0, 0.1) is 11.8 Å². The van der Waals surface area contributed by atoms with Gasteiger partial charge in [0.1, 0.15) is 0 Å². The van der Waals surface area contributed by atoms with Gasteiger partial charge in [0.25, 0.3) is 0 Å². The molecule has 0 saturated heterocycles. The highest BCUT2D eigenvalue weighted by atomic mass is 16.4. The molecule has 0 aromatic carbocycles. The first kappa shape index (κ1) is 14.0. The minimum Gasteiger partial charge on any atom is -0.481 e. The summed E-state index contributed by atoms with van der Waals surface area (Å²) in [5.41, 5.74) is 1.09. The van der Waals surface area contributed by atoms with Crippen LogP contribution in [0.4, 0.5) is 0 Å². The molecule has 0 radical (unpaired) electrons. The maximum atomic E-state index is 10.9. The van der Waals surface area contributed by atoms with Crippen LogP contribution < -0.4 is 0 Å². The van der Waals surface area contributed by atoms with E-state index >= 15 is 0 Å². The van der Waals surface area contributed by atoms with Crippen molar-refractivity contribution >= 4 is 5.97 Å². The summed E-state index contributed by atoms with van der Waals surface area (Å²) < 4.78 is 0. The lowest BCUT2D eigenvalue weighted by atomic mass is 9.82. The van der Waals surface area contributed by atoms with Gasteiger partial charge in [0.15, 0.2) is 0 Å². The zero-order chi connectivity index (χ0) is 13.7. The molecular weight excluding hydrogens is 240 g/mol. The fourth-order valence-corrected chi connectivity index (χ4v) is 2.87. The molecule has 104 valence electrons. The van der Waals surface area contributed by atoms with Gasteiger partial charge in [0, 0.05) is 19.3 Å². The topological polar surface area (TPSA) is 53.4 Å². The third-order valence-electron chi connectivity index (χ3n) is 3.92. The smallest absolute Gasteiger partial charge is 0.306 e. The number of hydrogen-bond donors (Lipinski definition) is 1. The Kier molecular flexibility index (Phi) is 4.91. The van der Waals surface area contributed by atoms with Gasteiger partial charge in [0.05, 0.1) is 11.6 Å². The van der Waals surface area contributed by atoms with Crippen LogP contribution >= 0.6 is 0 Å². The second-order valence-corrected chi connectivity index (χ2v) is 5.57. The molecule has 4 nitrogen and oxygen atoms in total. The highest BCUT2D eigenvalue weighted by Gasteiger charge is 2.26. The van der Waals surface area contributed by atoms with Gasteiger partial charge < -0.3 is 10.0 Å². The molecule has 1 aromatic rings. The van der Waals surface area contributed by atoms with Gasteiger partial charge in [-0.3, -0.25) is 9.78 Å². The lowest BCUT2D eigenvalue weighted by molar-refractivity contribution is -0.143. The van der Waals surface area contributed by atoms with E-state index in [2.05, 4.69) is 16.9 Å². The Morgan fingerprint density at radius 3 is 2.68 bits per heavy atom. The zero-order valence-electron chi connectivity index (χ0n) is 11.5. The van der Waals surface area contributed by atoms with Crippen LogP contribution in [0.1, 0.15) is 31.4 Å². The van der Waals surface area contributed by atoms with E-state index in [1.807, 2.05) is 24.4 Å². The molecule has 1 fully saturated rings. The Balaban J connectivity index is 1.75. The van der Waals surface area contributed by atoms with Crippen LogP contribution in [0.3, 0.4) is 0 Å². The van der Waals surface area contributed by atoms with Crippen LogP contribution in [0.2, 0.25) is 0 Å². The summed E-state index contributed by atoms with van der Waals surface area (Å²) in [7, 11) is 2.11. The number of aliphatic carboxylic acids is 1. The molecule has 0 amide bonds. The summed E-state index contributed by atoms with van der Waals surface area (Å²) in [6, 6.07) is 5.97. The molecule has 4 heteroatoms. The predicted octanol–water partition coefficient (Wildman–Crippen LogP) is 2.40. The Labute approximate surface area is 114 Å². The summed E-state index contributed by atoms with van der Waals surface area (Å²) in [6.07, 6.45) is 5.54. The van der Waals surface area contributed by atoms with Gasteiger partial charge in [-0.1, -0.05) is 6.07 Å². The summed E-state index contributed by atoms with van der Waals surface area (Å²) in [5, 5.41) is 8.98. The fourth-order valence-electron chi connectivity index (χ4n) is 2.87. The van der Waals surface area contributed by atoms with E-state index in [-0.39, 0.29) is 5.92 Å². The van der Waals surface area contributed by atoms with Gasteiger partial charge in [-0.25, -0.2) is 0 Å². The second-order valence-electron chi connectivity index (χ2n) is 5.57. The first-order valence-electron chi connectivity index (χ1n) is 6.96. The Morgan fingerprint density at radius 1 is 1.37 bits per heavy atom. The van der Waals surface area contributed by atoms with Crippen molar-refractivity contribution in [2.24, 2.45) is 11.8 Å². The summed E-state index contributed by atoms with van der Waals surface area (Å²) in [5.74, 6) is -0.109. The SMILES string of the molecule is CN(Cc1ccccn1)CC1CCC(C(=O)O)CC1. The third-order valence-corrected chi connectivity index (χ3v) is 3.92. The normalized spacial score (nSPS) is 23.5. The molecule has 0 atom stereocenters. The molecule has 1 aliphatic rings. The molecule has 0 aliphatic heterocycles. The molecule has 1 N–H and O–H groups in total. The molecule has 19 heavy (non-hydrogen) atoms. The van der Waals surface area contributed by atoms with Gasteiger partial charge in [0.2, 0.25) is 0 Å². The van der Waals surface area contributed by atoms with Crippen LogP contribution in [0.5, 0.6) is 0 Å². The lowest BCUT2D eigenvalue weighted by Crippen LogP contribution is -2.30. The number of hydrogen-bond acceptors (Lipinski definition) is 3. The standard InChI is InChI=1S/C15H22N2O2/c1-17(11-14-4-2-3-9-16-14)10-12-5-7-13(8-6-12)15(18)19/h2-4,9,12-13H,5-8,10-11H2,1H3,(H,18,19). The van der Waals surface area contributed by atoms with Crippen LogP contribution in [0.25, 0.3) is 0 Å². The summed E-state index contributed by atoms with van der Waals surface area (Å²) >= 11 is 0. The molecule has 0 spiro atoms. The molecule has 2 rings (SSSR count). The van der Waals surface area contributed by atoms with E-state index in [1.165, 1.54) is 0 Å². The summed E-state index contributed by atoms with van der Waals surface area (Å²) in [6.45, 7) is 1.89. The van der Waals surface area contributed by atoms with E-state index in [1.54, 1.807) is 0 Å².